The molecule has 0 radical (unpaired) electrons. The highest BCUT2D eigenvalue weighted by Gasteiger charge is 2.26. The summed E-state index contributed by atoms with van der Waals surface area (Å²) in [4.78, 5) is 13.9. The van der Waals surface area contributed by atoms with Gasteiger partial charge in [-0.25, -0.2) is 4.79 Å². The molecule has 4 heteroatoms. The van der Waals surface area contributed by atoms with Crippen LogP contribution in [0.5, 0.6) is 0 Å². The molecule has 0 aromatic carbocycles. The van der Waals surface area contributed by atoms with Gasteiger partial charge in [-0.2, -0.15) is 0 Å². The Labute approximate surface area is 83.6 Å². The van der Waals surface area contributed by atoms with Crippen LogP contribution in [0.4, 0.5) is 0 Å². The molecule has 0 spiro atoms. The van der Waals surface area contributed by atoms with E-state index in [0.29, 0.717) is 6.54 Å². The Hall–Kier alpha value is -1.03. The molecule has 1 heterocycles. The minimum Gasteiger partial charge on any atom is -0.396 e. The van der Waals surface area contributed by atoms with E-state index in [4.69, 9.17) is 0 Å². The van der Waals surface area contributed by atoms with Gasteiger partial charge < -0.3 is 10.1 Å². The van der Waals surface area contributed by atoms with Crippen LogP contribution in [0, 0.1) is 5.41 Å². The number of aliphatic hydroxyl groups is 1. The number of imidazole rings is 1. The van der Waals surface area contributed by atoms with Crippen LogP contribution in [0.1, 0.15) is 26.7 Å². The van der Waals surface area contributed by atoms with Gasteiger partial charge in [-0.15, -0.1) is 0 Å². The third-order valence-corrected chi connectivity index (χ3v) is 3.06. The standard InChI is InChI=1S/C10H18N2O2/c1-3-10(4-2,8-13)7-12-6-5-11-9(12)14/h5-6,13H,3-4,7-8H2,1-2H3,(H,11,14). The first-order valence-corrected chi connectivity index (χ1v) is 5.02. The number of aromatic nitrogens is 2. The van der Waals surface area contributed by atoms with Crippen molar-refractivity contribution in [3.8, 4) is 0 Å². The van der Waals surface area contributed by atoms with E-state index in [1.54, 1.807) is 17.0 Å². The summed E-state index contributed by atoms with van der Waals surface area (Å²) in [5.74, 6) is 0. The van der Waals surface area contributed by atoms with E-state index >= 15 is 0 Å². The lowest BCUT2D eigenvalue weighted by Crippen LogP contribution is -2.33. The molecule has 0 fully saturated rings. The molecule has 0 saturated carbocycles. The van der Waals surface area contributed by atoms with E-state index in [0.717, 1.165) is 12.8 Å². The third kappa shape index (κ3) is 2.07. The SMILES string of the molecule is CCC(CC)(CO)Cn1cc[nH]c1=O. The van der Waals surface area contributed by atoms with Crippen molar-refractivity contribution in [1.82, 2.24) is 9.55 Å². The van der Waals surface area contributed by atoms with Gasteiger partial charge in [-0.1, -0.05) is 13.8 Å². The summed E-state index contributed by atoms with van der Waals surface area (Å²) in [7, 11) is 0. The number of aliphatic hydroxyl groups excluding tert-OH is 1. The number of nitrogens with one attached hydrogen (secondary N) is 1. The number of hydrogen-bond acceptors (Lipinski definition) is 2. The molecule has 1 rings (SSSR count). The molecule has 80 valence electrons. The zero-order chi connectivity index (χ0) is 10.6. The smallest absolute Gasteiger partial charge is 0.325 e. The minimum absolute atomic E-state index is 0.107. The second-order valence-electron chi connectivity index (χ2n) is 3.76. The molecular weight excluding hydrogens is 180 g/mol. The fourth-order valence-electron chi connectivity index (χ4n) is 1.58. The Balaban J connectivity index is 2.84. The monoisotopic (exact) mass is 198 g/mol. The van der Waals surface area contributed by atoms with Crippen molar-refractivity contribution >= 4 is 0 Å². The lowest BCUT2D eigenvalue weighted by Gasteiger charge is -2.29. The number of aromatic amines is 1. The van der Waals surface area contributed by atoms with Crippen LogP contribution in [0.25, 0.3) is 0 Å². The summed E-state index contributed by atoms with van der Waals surface area (Å²) in [6.45, 7) is 4.78. The summed E-state index contributed by atoms with van der Waals surface area (Å²) in [5, 5.41) is 9.34. The van der Waals surface area contributed by atoms with Gasteiger partial charge in [0.1, 0.15) is 0 Å². The zero-order valence-electron chi connectivity index (χ0n) is 8.79. The average molecular weight is 198 g/mol. The van der Waals surface area contributed by atoms with E-state index in [1.807, 2.05) is 13.8 Å². The fraction of sp³-hybridized carbons (Fsp3) is 0.700. The fourth-order valence-corrected chi connectivity index (χ4v) is 1.58. The number of rotatable bonds is 5. The van der Waals surface area contributed by atoms with Crippen molar-refractivity contribution in [3.63, 3.8) is 0 Å². The predicted octanol–water partition coefficient (Wildman–Crippen LogP) is 0.975. The molecule has 2 N–H and O–H groups in total. The predicted molar refractivity (Wildman–Crippen MR) is 55.2 cm³/mol. The van der Waals surface area contributed by atoms with Gasteiger partial charge in [0, 0.05) is 24.4 Å². The van der Waals surface area contributed by atoms with Gasteiger partial charge >= 0.3 is 5.69 Å². The number of nitrogens with zero attached hydrogens (tertiary/aromatic N) is 1. The average Bonchev–Trinajstić information content (AvgIpc) is 2.61. The molecule has 0 amide bonds. The van der Waals surface area contributed by atoms with E-state index in [2.05, 4.69) is 4.98 Å². The van der Waals surface area contributed by atoms with E-state index in [1.165, 1.54) is 0 Å². The molecule has 0 aliphatic heterocycles. The second-order valence-corrected chi connectivity index (χ2v) is 3.76. The molecular formula is C10H18N2O2. The Morgan fingerprint density at radius 2 is 2.14 bits per heavy atom. The highest BCUT2D eigenvalue weighted by atomic mass is 16.3. The first kappa shape index (κ1) is 11.0. The second kappa shape index (κ2) is 4.46. The van der Waals surface area contributed by atoms with Crippen molar-refractivity contribution in [2.45, 2.75) is 33.2 Å². The van der Waals surface area contributed by atoms with Crippen LogP contribution in [-0.2, 0) is 6.54 Å². The van der Waals surface area contributed by atoms with Crippen LogP contribution >= 0.6 is 0 Å². The number of hydrogen-bond donors (Lipinski definition) is 2. The van der Waals surface area contributed by atoms with Crippen molar-refractivity contribution < 1.29 is 5.11 Å². The largest absolute Gasteiger partial charge is 0.396 e. The van der Waals surface area contributed by atoms with Gasteiger partial charge in [0.15, 0.2) is 0 Å². The van der Waals surface area contributed by atoms with Crippen LogP contribution in [0.3, 0.4) is 0 Å². The van der Waals surface area contributed by atoms with Crippen LogP contribution in [0.15, 0.2) is 17.2 Å². The summed E-state index contributed by atoms with van der Waals surface area (Å²) in [6.07, 6.45) is 5.09. The van der Waals surface area contributed by atoms with Crippen LogP contribution < -0.4 is 5.69 Å². The first-order valence-electron chi connectivity index (χ1n) is 5.02. The molecule has 1 aromatic heterocycles. The molecule has 1 aromatic rings. The normalized spacial score (nSPS) is 11.9. The van der Waals surface area contributed by atoms with Crippen LogP contribution in [-0.4, -0.2) is 21.3 Å². The lowest BCUT2D eigenvalue weighted by molar-refractivity contribution is 0.0948. The van der Waals surface area contributed by atoms with Gasteiger partial charge in [0.05, 0.1) is 6.61 Å². The molecule has 0 bridgehead atoms. The molecule has 4 nitrogen and oxygen atoms in total. The Morgan fingerprint density at radius 1 is 1.50 bits per heavy atom. The summed E-state index contributed by atoms with van der Waals surface area (Å²) in [5.41, 5.74) is -0.267. The molecule has 14 heavy (non-hydrogen) atoms. The van der Waals surface area contributed by atoms with E-state index in [9.17, 15) is 9.90 Å². The first-order chi connectivity index (χ1) is 6.67. The quantitative estimate of drug-likeness (QED) is 0.740. The Bertz CT molecular complexity index is 315. The van der Waals surface area contributed by atoms with Crippen molar-refractivity contribution in [3.05, 3.63) is 22.9 Å². The zero-order valence-corrected chi connectivity index (χ0v) is 8.79. The topological polar surface area (TPSA) is 58.0 Å². The molecule has 0 unspecified atom stereocenters. The van der Waals surface area contributed by atoms with Crippen LogP contribution in [0.2, 0.25) is 0 Å². The summed E-state index contributed by atoms with van der Waals surface area (Å²) < 4.78 is 1.61. The van der Waals surface area contributed by atoms with Crippen molar-refractivity contribution in [1.29, 1.82) is 0 Å². The summed E-state index contributed by atoms with van der Waals surface area (Å²) >= 11 is 0. The van der Waals surface area contributed by atoms with Gasteiger partial charge in [-0.05, 0) is 12.8 Å². The Morgan fingerprint density at radius 3 is 2.50 bits per heavy atom. The van der Waals surface area contributed by atoms with Crippen molar-refractivity contribution in [2.75, 3.05) is 6.61 Å². The van der Waals surface area contributed by atoms with Gasteiger partial charge in [0.25, 0.3) is 0 Å². The minimum atomic E-state index is -0.161. The van der Waals surface area contributed by atoms with Gasteiger partial charge in [-0.3, -0.25) is 4.57 Å². The summed E-state index contributed by atoms with van der Waals surface area (Å²) in [6, 6.07) is 0. The Kier molecular flexibility index (Phi) is 3.52. The maximum atomic E-state index is 11.3. The lowest BCUT2D eigenvalue weighted by atomic mass is 9.83. The molecule has 0 aliphatic rings. The van der Waals surface area contributed by atoms with Gasteiger partial charge in [0.2, 0.25) is 0 Å². The maximum absolute atomic E-state index is 11.3. The maximum Gasteiger partial charge on any atom is 0.325 e. The molecule has 0 aliphatic carbocycles. The van der Waals surface area contributed by atoms with E-state index < -0.39 is 0 Å². The molecule has 0 atom stereocenters. The van der Waals surface area contributed by atoms with Crippen molar-refractivity contribution in [2.24, 2.45) is 5.41 Å². The highest BCUT2D eigenvalue weighted by Crippen LogP contribution is 2.27. The third-order valence-electron chi connectivity index (χ3n) is 3.06. The highest BCUT2D eigenvalue weighted by molar-refractivity contribution is 4.82. The number of H-pyrrole nitrogens is 1. The van der Waals surface area contributed by atoms with E-state index in [-0.39, 0.29) is 17.7 Å². The molecule has 0 saturated heterocycles.